The zero-order valence-corrected chi connectivity index (χ0v) is 13.0. The summed E-state index contributed by atoms with van der Waals surface area (Å²) >= 11 is 0. The molecule has 112 valence electrons. The monoisotopic (exact) mass is 299 g/mol. The van der Waals surface area contributed by atoms with Crippen molar-refractivity contribution in [2.24, 2.45) is 0 Å². The SMILES string of the molecule is CCS(=O)(=O)N1CCN(c2cc(N(C)C)cnn2)CC1. The molecule has 1 saturated heterocycles. The zero-order valence-electron chi connectivity index (χ0n) is 12.2. The molecular formula is C12H21N5O2S. The first-order chi connectivity index (χ1) is 9.44. The molecule has 2 rings (SSSR count). The van der Waals surface area contributed by atoms with Crippen LogP contribution in [0, 0.1) is 0 Å². The van der Waals surface area contributed by atoms with Gasteiger partial charge >= 0.3 is 0 Å². The van der Waals surface area contributed by atoms with Crippen LogP contribution in [-0.4, -0.2) is 68.9 Å². The summed E-state index contributed by atoms with van der Waals surface area (Å²) in [4.78, 5) is 4.04. The van der Waals surface area contributed by atoms with Crippen LogP contribution in [-0.2, 0) is 10.0 Å². The molecule has 1 fully saturated rings. The molecule has 0 saturated carbocycles. The molecule has 0 radical (unpaired) electrons. The summed E-state index contributed by atoms with van der Waals surface area (Å²) in [5, 5.41) is 8.13. The minimum Gasteiger partial charge on any atom is -0.376 e. The first-order valence-electron chi connectivity index (χ1n) is 6.67. The van der Waals surface area contributed by atoms with Crippen molar-refractivity contribution < 1.29 is 8.42 Å². The predicted octanol–water partition coefficient (Wildman–Crippen LogP) is 0.0143. The Balaban J connectivity index is 2.06. The summed E-state index contributed by atoms with van der Waals surface area (Å²) in [6.45, 7) is 3.97. The van der Waals surface area contributed by atoms with Gasteiger partial charge < -0.3 is 9.80 Å². The second kappa shape index (κ2) is 5.92. The highest BCUT2D eigenvalue weighted by molar-refractivity contribution is 7.89. The van der Waals surface area contributed by atoms with Crippen molar-refractivity contribution in [2.45, 2.75) is 6.92 Å². The van der Waals surface area contributed by atoms with Crippen LogP contribution in [0.15, 0.2) is 12.3 Å². The van der Waals surface area contributed by atoms with E-state index in [1.807, 2.05) is 25.1 Å². The van der Waals surface area contributed by atoms with E-state index in [0.717, 1.165) is 11.5 Å². The molecule has 0 aliphatic carbocycles. The summed E-state index contributed by atoms with van der Waals surface area (Å²) in [5.74, 6) is 0.952. The molecule has 1 aromatic rings. The van der Waals surface area contributed by atoms with Gasteiger partial charge in [-0.1, -0.05) is 0 Å². The lowest BCUT2D eigenvalue weighted by molar-refractivity contribution is 0.384. The third-order valence-electron chi connectivity index (χ3n) is 3.46. The number of anilines is 2. The quantitative estimate of drug-likeness (QED) is 0.780. The van der Waals surface area contributed by atoms with E-state index in [9.17, 15) is 8.42 Å². The molecule has 1 aromatic heterocycles. The maximum atomic E-state index is 11.8. The lowest BCUT2D eigenvalue weighted by Gasteiger charge is -2.34. The van der Waals surface area contributed by atoms with Crippen molar-refractivity contribution in [3.63, 3.8) is 0 Å². The molecular weight excluding hydrogens is 278 g/mol. The van der Waals surface area contributed by atoms with Crippen molar-refractivity contribution in [2.75, 3.05) is 55.8 Å². The number of rotatable bonds is 4. The molecule has 0 aromatic carbocycles. The van der Waals surface area contributed by atoms with E-state index in [1.165, 1.54) is 0 Å². The highest BCUT2D eigenvalue weighted by Gasteiger charge is 2.26. The standard InChI is InChI=1S/C12H21N5O2S/c1-4-20(18,19)17-7-5-16(6-8-17)12-9-11(15(2)3)10-13-14-12/h9-10H,4-8H2,1-3H3. The van der Waals surface area contributed by atoms with Gasteiger partial charge in [-0.25, -0.2) is 8.42 Å². The van der Waals surface area contributed by atoms with E-state index < -0.39 is 10.0 Å². The Morgan fingerprint density at radius 1 is 1.25 bits per heavy atom. The van der Waals surface area contributed by atoms with Gasteiger partial charge in [0, 0.05) is 46.3 Å². The number of hydrogen-bond acceptors (Lipinski definition) is 6. The molecule has 7 nitrogen and oxygen atoms in total. The van der Waals surface area contributed by atoms with Crippen molar-refractivity contribution in [3.8, 4) is 0 Å². The summed E-state index contributed by atoms with van der Waals surface area (Å²) in [5.41, 5.74) is 0.985. The Morgan fingerprint density at radius 2 is 1.90 bits per heavy atom. The third-order valence-corrected chi connectivity index (χ3v) is 5.35. The average Bonchev–Trinajstić information content (AvgIpc) is 2.47. The normalized spacial score (nSPS) is 17.2. The Hall–Kier alpha value is -1.41. The minimum absolute atomic E-state index is 0.156. The van der Waals surface area contributed by atoms with E-state index >= 15 is 0 Å². The molecule has 0 spiro atoms. The molecule has 1 aliphatic rings. The van der Waals surface area contributed by atoms with Gasteiger partial charge in [-0.2, -0.15) is 9.40 Å². The first kappa shape index (κ1) is 15.0. The molecule has 20 heavy (non-hydrogen) atoms. The smallest absolute Gasteiger partial charge is 0.213 e. The van der Waals surface area contributed by atoms with Gasteiger partial charge in [0.05, 0.1) is 17.6 Å². The number of piperazine rings is 1. The molecule has 0 atom stereocenters. The number of sulfonamides is 1. The molecule has 0 unspecified atom stereocenters. The fourth-order valence-corrected chi connectivity index (χ4v) is 3.21. The number of aromatic nitrogens is 2. The van der Waals surface area contributed by atoms with Crippen molar-refractivity contribution in [1.29, 1.82) is 0 Å². The molecule has 0 bridgehead atoms. The Bertz CT molecular complexity index is 553. The van der Waals surface area contributed by atoms with Crippen LogP contribution in [0.5, 0.6) is 0 Å². The van der Waals surface area contributed by atoms with Crippen molar-refractivity contribution in [3.05, 3.63) is 12.3 Å². The van der Waals surface area contributed by atoms with Crippen LogP contribution in [0.2, 0.25) is 0 Å². The van der Waals surface area contributed by atoms with E-state index in [2.05, 4.69) is 15.1 Å². The van der Waals surface area contributed by atoms with Crippen LogP contribution in [0.3, 0.4) is 0 Å². The Labute approximate surface area is 120 Å². The second-order valence-corrected chi connectivity index (χ2v) is 7.21. The molecule has 1 aliphatic heterocycles. The van der Waals surface area contributed by atoms with Crippen molar-refractivity contribution in [1.82, 2.24) is 14.5 Å². The molecule has 2 heterocycles. The minimum atomic E-state index is -3.09. The van der Waals surface area contributed by atoms with Gasteiger partial charge in [-0.3, -0.25) is 0 Å². The van der Waals surface area contributed by atoms with Gasteiger partial charge in [0.25, 0.3) is 0 Å². The zero-order chi connectivity index (χ0) is 14.8. The lowest BCUT2D eigenvalue weighted by Crippen LogP contribution is -2.49. The lowest BCUT2D eigenvalue weighted by atomic mass is 10.3. The van der Waals surface area contributed by atoms with Crippen molar-refractivity contribution >= 4 is 21.5 Å². The Kier molecular flexibility index (Phi) is 4.44. The molecule has 8 heteroatoms. The van der Waals surface area contributed by atoms with Crippen LogP contribution in [0.25, 0.3) is 0 Å². The van der Waals surface area contributed by atoms with E-state index in [1.54, 1.807) is 17.4 Å². The number of hydrogen-bond donors (Lipinski definition) is 0. The van der Waals surface area contributed by atoms with Crippen LogP contribution in [0.1, 0.15) is 6.92 Å². The van der Waals surface area contributed by atoms with Gasteiger partial charge in [0.1, 0.15) is 0 Å². The van der Waals surface area contributed by atoms with E-state index in [-0.39, 0.29) is 5.75 Å². The summed E-state index contributed by atoms with van der Waals surface area (Å²) in [6.07, 6.45) is 1.71. The average molecular weight is 299 g/mol. The predicted molar refractivity (Wildman–Crippen MR) is 79.6 cm³/mol. The van der Waals surface area contributed by atoms with E-state index in [4.69, 9.17) is 0 Å². The highest BCUT2D eigenvalue weighted by atomic mass is 32.2. The molecule has 0 N–H and O–H groups in total. The topological polar surface area (TPSA) is 69.6 Å². The van der Waals surface area contributed by atoms with Crippen LogP contribution >= 0.6 is 0 Å². The maximum absolute atomic E-state index is 11.8. The number of nitrogens with zero attached hydrogens (tertiary/aromatic N) is 5. The summed E-state index contributed by atoms with van der Waals surface area (Å²) in [6, 6.07) is 1.97. The van der Waals surface area contributed by atoms with Crippen LogP contribution < -0.4 is 9.80 Å². The maximum Gasteiger partial charge on any atom is 0.213 e. The molecule has 0 amide bonds. The largest absolute Gasteiger partial charge is 0.376 e. The fraction of sp³-hybridized carbons (Fsp3) is 0.667. The fourth-order valence-electron chi connectivity index (χ4n) is 2.12. The van der Waals surface area contributed by atoms with Crippen LogP contribution in [0.4, 0.5) is 11.5 Å². The third kappa shape index (κ3) is 3.18. The van der Waals surface area contributed by atoms with Gasteiger partial charge in [-0.05, 0) is 6.92 Å². The van der Waals surface area contributed by atoms with Gasteiger partial charge in [-0.15, -0.1) is 5.10 Å². The Morgan fingerprint density at radius 3 is 2.45 bits per heavy atom. The van der Waals surface area contributed by atoms with E-state index in [0.29, 0.717) is 26.2 Å². The first-order valence-corrected chi connectivity index (χ1v) is 8.28. The summed E-state index contributed by atoms with van der Waals surface area (Å²) < 4.78 is 25.2. The second-order valence-electron chi connectivity index (χ2n) is 4.95. The summed E-state index contributed by atoms with van der Waals surface area (Å²) in [7, 11) is 0.816. The highest BCUT2D eigenvalue weighted by Crippen LogP contribution is 2.19. The van der Waals surface area contributed by atoms with Gasteiger partial charge in [0.2, 0.25) is 10.0 Å². The van der Waals surface area contributed by atoms with Gasteiger partial charge in [0.15, 0.2) is 5.82 Å².